The van der Waals surface area contributed by atoms with E-state index in [1.165, 1.54) is 6.42 Å². The van der Waals surface area contributed by atoms with E-state index >= 15 is 0 Å². The van der Waals surface area contributed by atoms with Crippen LogP contribution in [0.4, 0.5) is 0 Å². The van der Waals surface area contributed by atoms with Gasteiger partial charge >= 0.3 is 0 Å². The number of aryl methyl sites for hydroxylation is 1. The molecular weight excluding hydrogens is 164 g/mol. The van der Waals surface area contributed by atoms with E-state index in [2.05, 4.69) is 12.1 Å². The Hall–Kier alpha value is -0.830. The number of rotatable bonds is 5. The van der Waals surface area contributed by atoms with Crippen LogP contribution in [0.1, 0.15) is 50.6 Å². The number of hydrogen-bond donors (Lipinski definition) is 1. The average Bonchev–Trinajstić information content (AvgIpc) is 2.62. The second kappa shape index (κ2) is 5.02. The zero-order valence-electron chi connectivity index (χ0n) is 8.42. The molecule has 1 aromatic heterocycles. The Labute approximate surface area is 79.3 Å². The molecule has 3 heteroatoms. The van der Waals surface area contributed by atoms with Crippen LogP contribution in [0.5, 0.6) is 0 Å². The molecule has 0 aromatic carbocycles. The Morgan fingerprint density at radius 1 is 1.54 bits per heavy atom. The number of hydrogen-bond acceptors (Lipinski definition) is 3. The first-order chi connectivity index (χ1) is 6.27. The highest BCUT2D eigenvalue weighted by molar-refractivity contribution is 5.08. The molecule has 0 aliphatic carbocycles. The predicted molar refractivity (Wildman–Crippen MR) is 52.3 cm³/mol. The first kappa shape index (κ1) is 10.3. The van der Waals surface area contributed by atoms with Gasteiger partial charge in [-0.1, -0.05) is 25.4 Å². The maximum atomic E-state index is 5.80. The summed E-state index contributed by atoms with van der Waals surface area (Å²) in [7, 11) is 0. The second-order valence-corrected chi connectivity index (χ2v) is 3.34. The third kappa shape index (κ3) is 2.84. The van der Waals surface area contributed by atoms with Gasteiger partial charge in [-0.25, -0.2) is 0 Å². The number of nitrogens with two attached hydrogens (primary N) is 1. The SMILES string of the molecule is CCCCc1cc(C(N)CC)on1. The lowest BCUT2D eigenvalue weighted by Crippen LogP contribution is -2.06. The van der Waals surface area contributed by atoms with Gasteiger partial charge in [-0.15, -0.1) is 0 Å². The number of nitrogens with zero attached hydrogens (tertiary/aromatic N) is 1. The van der Waals surface area contributed by atoms with Gasteiger partial charge in [0, 0.05) is 6.07 Å². The molecule has 1 heterocycles. The van der Waals surface area contributed by atoms with E-state index in [9.17, 15) is 0 Å². The quantitative estimate of drug-likeness (QED) is 0.760. The van der Waals surface area contributed by atoms with Gasteiger partial charge in [-0.2, -0.15) is 0 Å². The van der Waals surface area contributed by atoms with E-state index in [4.69, 9.17) is 10.3 Å². The van der Waals surface area contributed by atoms with Crippen molar-refractivity contribution in [3.8, 4) is 0 Å². The van der Waals surface area contributed by atoms with Crippen LogP contribution in [0.15, 0.2) is 10.6 Å². The van der Waals surface area contributed by atoms with Crippen molar-refractivity contribution in [3.63, 3.8) is 0 Å². The van der Waals surface area contributed by atoms with Crippen LogP contribution in [-0.2, 0) is 6.42 Å². The molecule has 74 valence electrons. The minimum atomic E-state index is 0.00266. The van der Waals surface area contributed by atoms with Crippen LogP contribution in [0.3, 0.4) is 0 Å². The Morgan fingerprint density at radius 3 is 2.92 bits per heavy atom. The van der Waals surface area contributed by atoms with Gasteiger partial charge in [0.2, 0.25) is 0 Å². The first-order valence-electron chi connectivity index (χ1n) is 4.99. The Kier molecular flexibility index (Phi) is 3.96. The van der Waals surface area contributed by atoms with Crippen LogP contribution in [-0.4, -0.2) is 5.16 Å². The van der Waals surface area contributed by atoms with Crippen molar-refractivity contribution in [2.45, 2.75) is 45.6 Å². The average molecular weight is 182 g/mol. The van der Waals surface area contributed by atoms with Crippen molar-refractivity contribution in [1.82, 2.24) is 5.16 Å². The Morgan fingerprint density at radius 2 is 2.31 bits per heavy atom. The van der Waals surface area contributed by atoms with Crippen molar-refractivity contribution in [1.29, 1.82) is 0 Å². The lowest BCUT2D eigenvalue weighted by molar-refractivity contribution is 0.353. The first-order valence-corrected chi connectivity index (χ1v) is 4.99. The molecule has 1 atom stereocenters. The van der Waals surface area contributed by atoms with Crippen LogP contribution in [0, 0.1) is 0 Å². The predicted octanol–water partition coefficient (Wildman–Crippen LogP) is 2.43. The molecular formula is C10H18N2O. The number of aromatic nitrogens is 1. The van der Waals surface area contributed by atoms with Gasteiger partial charge in [0.15, 0.2) is 5.76 Å². The highest BCUT2D eigenvalue weighted by atomic mass is 16.5. The monoisotopic (exact) mass is 182 g/mol. The minimum absolute atomic E-state index is 0.00266. The highest BCUT2D eigenvalue weighted by Gasteiger charge is 2.09. The molecule has 0 fully saturated rings. The summed E-state index contributed by atoms with van der Waals surface area (Å²) < 4.78 is 5.14. The van der Waals surface area contributed by atoms with Gasteiger partial charge in [-0.05, 0) is 19.3 Å². The normalized spacial score (nSPS) is 13.2. The standard InChI is InChI=1S/C10H18N2O/c1-3-5-6-8-7-10(13-12-8)9(11)4-2/h7,9H,3-6,11H2,1-2H3. The fourth-order valence-corrected chi connectivity index (χ4v) is 1.18. The third-order valence-electron chi connectivity index (χ3n) is 2.17. The molecule has 0 bridgehead atoms. The van der Waals surface area contributed by atoms with E-state index < -0.39 is 0 Å². The largest absolute Gasteiger partial charge is 0.359 e. The fourth-order valence-electron chi connectivity index (χ4n) is 1.18. The second-order valence-electron chi connectivity index (χ2n) is 3.34. The Balaban J connectivity index is 2.53. The zero-order chi connectivity index (χ0) is 9.68. The lowest BCUT2D eigenvalue weighted by Gasteiger charge is -2.00. The molecule has 0 aliphatic rings. The van der Waals surface area contributed by atoms with Crippen LogP contribution in [0.2, 0.25) is 0 Å². The molecule has 1 unspecified atom stereocenters. The maximum absolute atomic E-state index is 5.80. The van der Waals surface area contributed by atoms with Crippen molar-refractivity contribution in [2.24, 2.45) is 5.73 Å². The van der Waals surface area contributed by atoms with E-state index in [1.807, 2.05) is 13.0 Å². The molecule has 0 spiro atoms. The topological polar surface area (TPSA) is 52.0 Å². The smallest absolute Gasteiger partial charge is 0.153 e. The van der Waals surface area contributed by atoms with Gasteiger partial charge in [0.1, 0.15) is 0 Å². The number of unbranched alkanes of at least 4 members (excludes halogenated alkanes) is 1. The summed E-state index contributed by atoms with van der Waals surface area (Å²) in [6.45, 7) is 4.21. The maximum Gasteiger partial charge on any atom is 0.153 e. The van der Waals surface area contributed by atoms with E-state index in [1.54, 1.807) is 0 Å². The summed E-state index contributed by atoms with van der Waals surface area (Å²) in [5.74, 6) is 0.814. The van der Waals surface area contributed by atoms with E-state index in [0.29, 0.717) is 0 Å². The van der Waals surface area contributed by atoms with Crippen LogP contribution in [0.25, 0.3) is 0 Å². The van der Waals surface area contributed by atoms with E-state index in [-0.39, 0.29) is 6.04 Å². The molecule has 1 rings (SSSR count). The summed E-state index contributed by atoms with van der Waals surface area (Å²) in [6.07, 6.45) is 4.23. The Bertz CT molecular complexity index is 245. The lowest BCUT2D eigenvalue weighted by atomic mass is 10.1. The molecule has 1 aromatic rings. The van der Waals surface area contributed by atoms with Crippen molar-refractivity contribution in [3.05, 3.63) is 17.5 Å². The van der Waals surface area contributed by atoms with Gasteiger partial charge in [-0.3, -0.25) is 0 Å². The molecule has 0 aliphatic heterocycles. The summed E-state index contributed by atoms with van der Waals surface area (Å²) in [6, 6.07) is 1.98. The van der Waals surface area contributed by atoms with Crippen molar-refractivity contribution < 1.29 is 4.52 Å². The van der Waals surface area contributed by atoms with Gasteiger partial charge < -0.3 is 10.3 Å². The molecule has 0 radical (unpaired) electrons. The van der Waals surface area contributed by atoms with Crippen molar-refractivity contribution in [2.75, 3.05) is 0 Å². The molecule has 13 heavy (non-hydrogen) atoms. The van der Waals surface area contributed by atoms with Gasteiger partial charge in [0.25, 0.3) is 0 Å². The fraction of sp³-hybridized carbons (Fsp3) is 0.700. The molecule has 3 nitrogen and oxygen atoms in total. The van der Waals surface area contributed by atoms with Crippen molar-refractivity contribution >= 4 is 0 Å². The summed E-state index contributed by atoms with van der Waals surface area (Å²) >= 11 is 0. The van der Waals surface area contributed by atoms with Crippen LogP contribution < -0.4 is 5.73 Å². The molecule has 0 amide bonds. The zero-order valence-corrected chi connectivity index (χ0v) is 8.42. The van der Waals surface area contributed by atoms with E-state index in [0.717, 1.165) is 30.7 Å². The molecule has 0 saturated carbocycles. The summed E-state index contributed by atoms with van der Waals surface area (Å²) in [4.78, 5) is 0. The molecule has 0 saturated heterocycles. The summed E-state index contributed by atoms with van der Waals surface area (Å²) in [5, 5.41) is 3.97. The van der Waals surface area contributed by atoms with Gasteiger partial charge in [0.05, 0.1) is 11.7 Å². The summed E-state index contributed by atoms with van der Waals surface area (Å²) in [5.41, 5.74) is 6.83. The third-order valence-corrected chi connectivity index (χ3v) is 2.17. The van der Waals surface area contributed by atoms with Crippen LogP contribution >= 0.6 is 0 Å². The minimum Gasteiger partial charge on any atom is -0.359 e. The highest BCUT2D eigenvalue weighted by Crippen LogP contribution is 2.15. The molecule has 2 N–H and O–H groups in total.